The maximum absolute atomic E-state index is 13.4. The van der Waals surface area contributed by atoms with E-state index in [1.165, 1.54) is 6.92 Å². The van der Waals surface area contributed by atoms with E-state index in [2.05, 4.69) is 73.7 Å². The van der Waals surface area contributed by atoms with Crippen molar-refractivity contribution in [3.8, 4) is 22.5 Å². The van der Waals surface area contributed by atoms with Crippen molar-refractivity contribution in [1.29, 1.82) is 0 Å². The minimum atomic E-state index is -0.892. The lowest BCUT2D eigenvalue weighted by Gasteiger charge is -2.34. The topological polar surface area (TPSA) is 114 Å². The molecule has 0 aliphatic carbocycles. The molecule has 0 amide bonds. The van der Waals surface area contributed by atoms with E-state index < -0.39 is 24.3 Å². The van der Waals surface area contributed by atoms with Crippen LogP contribution in [0.1, 0.15) is 84.0 Å². The van der Waals surface area contributed by atoms with Gasteiger partial charge in [-0.05, 0) is 50.9 Å². The third-order valence-corrected chi connectivity index (χ3v) is 9.82. The van der Waals surface area contributed by atoms with Gasteiger partial charge in [-0.15, -0.1) is 15.0 Å². The largest absolute Gasteiger partial charge is 0.428 e. The van der Waals surface area contributed by atoms with E-state index in [1.54, 1.807) is 4.80 Å². The molecule has 2 aromatic heterocycles. The van der Waals surface area contributed by atoms with Crippen LogP contribution in [0.3, 0.4) is 0 Å². The Hall–Kier alpha value is -6.68. The summed E-state index contributed by atoms with van der Waals surface area (Å²) in [6.45, 7) is 7.53. The molecular formula is C46H44N6O4. The first kappa shape index (κ1) is 37.6. The fourth-order valence-electron chi connectivity index (χ4n) is 7.23. The summed E-state index contributed by atoms with van der Waals surface area (Å²) in [6, 6.07) is 47.2. The summed E-state index contributed by atoms with van der Waals surface area (Å²) in [5, 5.41) is 19.5. The molecule has 2 heterocycles. The van der Waals surface area contributed by atoms with Crippen molar-refractivity contribution in [2.24, 2.45) is 0 Å². The monoisotopic (exact) mass is 744 g/mol. The summed E-state index contributed by atoms with van der Waals surface area (Å²) in [4.78, 5) is 26.5. The van der Waals surface area contributed by atoms with Crippen LogP contribution in [-0.2, 0) is 32.8 Å². The van der Waals surface area contributed by atoms with Crippen LogP contribution in [0.2, 0.25) is 0 Å². The molecule has 5 aromatic carbocycles. The van der Waals surface area contributed by atoms with Crippen molar-refractivity contribution in [1.82, 2.24) is 30.0 Å². The summed E-state index contributed by atoms with van der Waals surface area (Å²) >= 11 is 0. The third-order valence-electron chi connectivity index (χ3n) is 9.82. The van der Waals surface area contributed by atoms with Crippen LogP contribution in [0.15, 0.2) is 140 Å². The van der Waals surface area contributed by atoms with E-state index in [0.29, 0.717) is 30.0 Å². The lowest BCUT2D eigenvalue weighted by atomic mass is 9.77. The van der Waals surface area contributed by atoms with Crippen molar-refractivity contribution >= 4 is 11.9 Å². The highest BCUT2D eigenvalue weighted by molar-refractivity contribution is 5.92. The van der Waals surface area contributed by atoms with Crippen LogP contribution in [0.4, 0.5) is 0 Å². The quantitative estimate of drug-likeness (QED) is 0.0617. The number of benzene rings is 5. The number of nitrogens with zero attached hydrogens (tertiary/aromatic N) is 6. The van der Waals surface area contributed by atoms with E-state index in [0.717, 1.165) is 51.1 Å². The first-order valence-corrected chi connectivity index (χ1v) is 18.9. The zero-order valence-electron chi connectivity index (χ0n) is 32.0. The maximum atomic E-state index is 13.4. The number of carbonyl (C=O) groups is 2. The average Bonchev–Trinajstić information content (AvgIpc) is 3.86. The normalized spacial score (nSPS) is 11.4. The van der Waals surface area contributed by atoms with Crippen molar-refractivity contribution in [2.75, 3.05) is 6.79 Å². The van der Waals surface area contributed by atoms with Crippen LogP contribution < -0.4 is 0 Å². The third kappa shape index (κ3) is 7.50. The lowest BCUT2D eigenvalue weighted by Crippen LogP contribution is -2.39. The summed E-state index contributed by atoms with van der Waals surface area (Å²) in [5.74, 6) is -0.607. The van der Waals surface area contributed by atoms with Crippen molar-refractivity contribution in [3.05, 3.63) is 179 Å². The van der Waals surface area contributed by atoms with Gasteiger partial charge in [-0.25, -0.2) is 4.79 Å². The lowest BCUT2D eigenvalue weighted by molar-refractivity contribution is -0.149. The number of aryl methyl sites for hydroxylation is 1. The fraction of sp³-hybridized carbons (Fsp3) is 0.217. The molecule has 10 nitrogen and oxygen atoms in total. The summed E-state index contributed by atoms with van der Waals surface area (Å²) in [7, 11) is 0. The molecule has 0 bridgehead atoms. The van der Waals surface area contributed by atoms with Gasteiger partial charge in [0.25, 0.3) is 0 Å². The average molecular weight is 745 g/mol. The zero-order chi connectivity index (χ0) is 39.1. The molecule has 0 aliphatic rings. The Labute approximate surface area is 326 Å². The maximum Gasteiger partial charge on any atom is 0.344 e. The van der Waals surface area contributed by atoms with Crippen LogP contribution >= 0.6 is 0 Å². The smallest absolute Gasteiger partial charge is 0.344 e. The minimum Gasteiger partial charge on any atom is -0.428 e. The van der Waals surface area contributed by atoms with Crippen LogP contribution in [0.5, 0.6) is 0 Å². The number of tetrazole rings is 1. The molecule has 56 heavy (non-hydrogen) atoms. The Morgan fingerprint density at radius 1 is 0.696 bits per heavy atom. The van der Waals surface area contributed by atoms with Crippen LogP contribution in [-0.4, -0.2) is 48.7 Å². The van der Waals surface area contributed by atoms with Crippen LogP contribution in [0, 0.1) is 0 Å². The number of carbonyl (C=O) groups excluding carboxylic acids is 2. The second kappa shape index (κ2) is 16.8. The van der Waals surface area contributed by atoms with Gasteiger partial charge in [-0.2, -0.15) is 5.10 Å². The van der Waals surface area contributed by atoms with Gasteiger partial charge in [-0.3, -0.25) is 9.48 Å². The molecule has 7 rings (SSSR count). The molecular weight excluding hydrogens is 701 g/mol. The zero-order valence-corrected chi connectivity index (χ0v) is 32.0. The predicted molar refractivity (Wildman–Crippen MR) is 215 cm³/mol. The van der Waals surface area contributed by atoms with E-state index in [-0.39, 0.29) is 5.92 Å². The fourth-order valence-corrected chi connectivity index (χ4v) is 7.23. The van der Waals surface area contributed by atoms with Crippen molar-refractivity contribution in [2.45, 2.75) is 58.5 Å². The van der Waals surface area contributed by atoms with E-state index in [4.69, 9.17) is 30.0 Å². The van der Waals surface area contributed by atoms with Gasteiger partial charge in [-0.1, -0.05) is 160 Å². The molecule has 0 atom stereocenters. The van der Waals surface area contributed by atoms with Crippen LogP contribution in [0.25, 0.3) is 22.5 Å². The standard InChI is InChI=1S/C46H44N6O4/c1-5-29-51-41(42(43(48-51)32(2)3)45(54)56-31-55-33(4)53)30-34-25-27-35(28-26-34)39-23-15-16-24-40(39)44-47-50-52(49-44)46(36-17-9-6-10-18-36,37-19-11-7-12-20-37)38-21-13-8-14-22-38/h6-28,32H,5,29-31H2,1-4H3. The number of ether oxygens (including phenoxy) is 2. The van der Waals surface area contributed by atoms with Gasteiger partial charge in [0, 0.05) is 25.5 Å². The Kier molecular flexibility index (Phi) is 11.3. The summed E-state index contributed by atoms with van der Waals surface area (Å²) < 4.78 is 12.2. The Morgan fingerprint density at radius 3 is 1.79 bits per heavy atom. The molecule has 0 N–H and O–H groups in total. The van der Waals surface area contributed by atoms with Gasteiger partial charge in [0.05, 0.1) is 11.4 Å². The highest BCUT2D eigenvalue weighted by Crippen LogP contribution is 2.40. The SMILES string of the molecule is CCCn1nc(C(C)C)c(C(=O)OCOC(C)=O)c1Cc1ccc(-c2ccccc2-c2nnn(C(c3ccccc3)(c3ccccc3)c3ccccc3)n2)cc1. The molecule has 0 saturated heterocycles. The second-order valence-corrected chi connectivity index (χ2v) is 13.9. The van der Waals surface area contributed by atoms with Gasteiger partial charge in [0.15, 0.2) is 5.54 Å². The molecule has 0 aliphatic heterocycles. The molecule has 0 unspecified atom stereocenters. The molecule has 7 aromatic rings. The molecule has 0 spiro atoms. The highest BCUT2D eigenvalue weighted by atomic mass is 16.7. The first-order valence-electron chi connectivity index (χ1n) is 18.9. The van der Waals surface area contributed by atoms with Gasteiger partial charge in [0.2, 0.25) is 12.6 Å². The van der Waals surface area contributed by atoms with Gasteiger partial charge >= 0.3 is 11.9 Å². The number of hydrogen-bond donors (Lipinski definition) is 0. The Bertz CT molecular complexity index is 2310. The predicted octanol–water partition coefficient (Wildman–Crippen LogP) is 8.85. The van der Waals surface area contributed by atoms with E-state index in [9.17, 15) is 9.59 Å². The van der Waals surface area contributed by atoms with Crippen molar-refractivity contribution < 1.29 is 19.1 Å². The number of hydrogen-bond acceptors (Lipinski definition) is 8. The highest BCUT2D eigenvalue weighted by Gasteiger charge is 2.41. The van der Waals surface area contributed by atoms with E-state index >= 15 is 0 Å². The Balaban J connectivity index is 1.25. The molecule has 10 heteroatoms. The van der Waals surface area contributed by atoms with Crippen molar-refractivity contribution in [3.63, 3.8) is 0 Å². The number of rotatable bonds is 14. The number of aromatic nitrogens is 6. The molecule has 282 valence electrons. The first-order chi connectivity index (χ1) is 27.3. The van der Waals surface area contributed by atoms with Gasteiger partial charge in [0.1, 0.15) is 5.56 Å². The second-order valence-electron chi connectivity index (χ2n) is 13.9. The van der Waals surface area contributed by atoms with Gasteiger partial charge < -0.3 is 9.47 Å². The summed E-state index contributed by atoms with van der Waals surface area (Å²) in [5.41, 5.74) is 7.73. The van der Waals surface area contributed by atoms with E-state index in [1.807, 2.05) is 91.3 Å². The summed E-state index contributed by atoms with van der Waals surface area (Å²) in [6.07, 6.45) is 1.29. The molecule has 0 saturated carbocycles. The molecule has 0 radical (unpaired) electrons. The number of esters is 2. The Morgan fingerprint density at radius 2 is 1.25 bits per heavy atom. The minimum absolute atomic E-state index is 0.0215. The molecule has 0 fully saturated rings.